The van der Waals surface area contributed by atoms with Crippen LogP contribution >= 0.6 is 15.9 Å². The van der Waals surface area contributed by atoms with Crippen LogP contribution in [0.15, 0.2) is 52.2 Å². The molecule has 2 rings (SSSR count). The zero-order valence-corrected chi connectivity index (χ0v) is 12.5. The summed E-state index contributed by atoms with van der Waals surface area (Å²) in [5.74, 6) is -0.241. The zero-order chi connectivity index (χ0) is 15.2. The van der Waals surface area contributed by atoms with Crippen molar-refractivity contribution < 1.29 is 10.0 Å². The van der Waals surface area contributed by atoms with Crippen LogP contribution in [0.25, 0.3) is 0 Å². The molecule has 1 aromatic carbocycles. The van der Waals surface area contributed by atoms with Gasteiger partial charge in [-0.05, 0) is 39.7 Å². The lowest BCUT2D eigenvalue weighted by Gasteiger charge is -2.06. The Hall–Kier alpha value is -2.41. The number of nitrogens with zero attached hydrogens (tertiary/aromatic N) is 2. The van der Waals surface area contributed by atoms with E-state index in [0.29, 0.717) is 17.8 Å². The summed E-state index contributed by atoms with van der Waals surface area (Å²) in [6.07, 6.45) is 1.56. The number of amides is 1. The summed E-state index contributed by atoms with van der Waals surface area (Å²) < 4.78 is 0.811. The van der Waals surface area contributed by atoms with Crippen molar-refractivity contribution in [1.29, 1.82) is 0 Å². The lowest BCUT2D eigenvalue weighted by Crippen LogP contribution is -2.24. The van der Waals surface area contributed by atoms with Gasteiger partial charge < -0.3 is 16.3 Å². The third-order valence-electron chi connectivity index (χ3n) is 2.74. The lowest BCUT2D eigenvalue weighted by atomic mass is 10.1. The molecule has 0 bridgehead atoms. The number of hydrogen-bond acceptors (Lipinski definition) is 4. The highest BCUT2D eigenvalue weighted by atomic mass is 79.9. The Labute approximate surface area is 129 Å². The van der Waals surface area contributed by atoms with Gasteiger partial charge in [-0.2, -0.15) is 0 Å². The molecule has 108 valence electrons. The van der Waals surface area contributed by atoms with Crippen molar-refractivity contribution in [2.45, 2.75) is 6.54 Å². The van der Waals surface area contributed by atoms with E-state index in [1.54, 1.807) is 36.5 Å². The first-order valence-corrected chi connectivity index (χ1v) is 6.86. The Kier molecular flexibility index (Phi) is 4.89. The van der Waals surface area contributed by atoms with Crippen LogP contribution in [0.3, 0.4) is 0 Å². The van der Waals surface area contributed by atoms with Gasteiger partial charge in [0.05, 0.1) is 0 Å². The summed E-state index contributed by atoms with van der Waals surface area (Å²) in [5, 5.41) is 14.4. The maximum atomic E-state index is 11.9. The highest BCUT2D eigenvalue weighted by Gasteiger charge is 2.07. The second-order valence-corrected chi connectivity index (χ2v) is 5.15. The predicted octanol–water partition coefficient (Wildman–Crippen LogP) is 1.87. The van der Waals surface area contributed by atoms with Gasteiger partial charge in [-0.15, -0.1) is 0 Å². The van der Waals surface area contributed by atoms with Crippen molar-refractivity contribution >= 4 is 27.7 Å². The van der Waals surface area contributed by atoms with Gasteiger partial charge >= 0.3 is 0 Å². The van der Waals surface area contributed by atoms with Gasteiger partial charge in [-0.25, -0.2) is 4.98 Å². The molecule has 2 aromatic rings. The SMILES string of the molecule is NC(=NO)c1cccc(CNC(=O)c2ccc(Br)cn2)c1. The van der Waals surface area contributed by atoms with Crippen LogP contribution in [-0.2, 0) is 6.54 Å². The highest BCUT2D eigenvalue weighted by molar-refractivity contribution is 9.10. The molecule has 0 radical (unpaired) electrons. The fourth-order valence-corrected chi connectivity index (χ4v) is 1.92. The molecular weight excluding hydrogens is 336 g/mol. The van der Waals surface area contributed by atoms with E-state index < -0.39 is 0 Å². The number of benzene rings is 1. The Morgan fingerprint density at radius 3 is 2.86 bits per heavy atom. The van der Waals surface area contributed by atoms with E-state index in [0.717, 1.165) is 10.0 Å². The predicted molar refractivity (Wildman–Crippen MR) is 82.1 cm³/mol. The average Bonchev–Trinajstić information content (AvgIpc) is 2.52. The molecule has 7 heteroatoms. The van der Waals surface area contributed by atoms with Crippen molar-refractivity contribution in [3.05, 3.63) is 63.9 Å². The topological polar surface area (TPSA) is 101 Å². The molecule has 1 heterocycles. The van der Waals surface area contributed by atoms with Crippen LogP contribution < -0.4 is 11.1 Å². The van der Waals surface area contributed by atoms with Gasteiger partial charge in [-0.3, -0.25) is 4.79 Å². The van der Waals surface area contributed by atoms with Gasteiger partial charge in [0.2, 0.25) is 0 Å². The number of nitrogens with one attached hydrogen (secondary N) is 1. The number of oxime groups is 1. The fraction of sp³-hybridized carbons (Fsp3) is 0.0714. The molecule has 0 spiro atoms. The molecule has 21 heavy (non-hydrogen) atoms. The Morgan fingerprint density at radius 1 is 1.38 bits per heavy atom. The minimum absolute atomic E-state index is 0.0257. The van der Waals surface area contributed by atoms with Crippen LogP contribution in [0.5, 0.6) is 0 Å². The number of pyridine rings is 1. The van der Waals surface area contributed by atoms with Crippen molar-refractivity contribution in [2.75, 3.05) is 0 Å². The van der Waals surface area contributed by atoms with Crippen LogP contribution in [0.2, 0.25) is 0 Å². The molecule has 0 aliphatic heterocycles. The number of hydrogen-bond donors (Lipinski definition) is 3. The van der Waals surface area contributed by atoms with Gasteiger partial charge in [-0.1, -0.05) is 23.4 Å². The first kappa shape index (κ1) is 15.0. The quantitative estimate of drug-likeness (QED) is 0.339. The maximum Gasteiger partial charge on any atom is 0.270 e. The third kappa shape index (κ3) is 4.03. The number of carbonyl (C=O) groups excluding carboxylic acids is 1. The molecule has 0 unspecified atom stereocenters. The van der Waals surface area contributed by atoms with E-state index in [2.05, 4.69) is 31.4 Å². The number of aromatic nitrogens is 1. The summed E-state index contributed by atoms with van der Waals surface area (Å²) in [5.41, 5.74) is 7.29. The summed E-state index contributed by atoms with van der Waals surface area (Å²) in [4.78, 5) is 15.9. The van der Waals surface area contributed by atoms with E-state index in [-0.39, 0.29) is 11.7 Å². The minimum Gasteiger partial charge on any atom is -0.409 e. The van der Waals surface area contributed by atoms with Crippen LogP contribution in [0.1, 0.15) is 21.6 Å². The van der Waals surface area contributed by atoms with Crippen LogP contribution in [0, 0.1) is 0 Å². The van der Waals surface area contributed by atoms with Crippen molar-refractivity contribution in [3.63, 3.8) is 0 Å². The third-order valence-corrected chi connectivity index (χ3v) is 3.21. The molecule has 6 nitrogen and oxygen atoms in total. The number of carbonyl (C=O) groups is 1. The number of nitrogens with two attached hydrogens (primary N) is 1. The fourth-order valence-electron chi connectivity index (χ4n) is 1.68. The average molecular weight is 349 g/mol. The largest absolute Gasteiger partial charge is 0.409 e. The molecule has 0 atom stereocenters. The molecule has 1 amide bonds. The number of rotatable bonds is 4. The van der Waals surface area contributed by atoms with E-state index in [9.17, 15) is 4.79 Å². The summed E-state index contributed by atoms with van der Waals surface area (Å²) in [6, 6.07) is 10.4. The molecule has 1 aromatic heterocycles. The summed E-state index contributed by atoms with van der Waals surface area (Å²) in [7, 11) is 0. The highest BCUT2D eigenvalue weighted by Crippen LogP contribution is 2.08. The van der Waals surface area contributed by atoms with Crippen molar-refractivity contribution in [3.8, 4) is 0 Å². The Morgan fingerprint density at radius 2 is 2.19 bits per heavy atom. The van der Waals surface area contributed by atoms with Gasteiger partial charge in [0.25, 0.3) is 5.91 Å². The van der Waals surface area contributed by atoms with Crippen LogP contribution in [0.4, 0.5) is 0 Å². The monoisotopic (exact) mass is 348 g/mol. The Bertz CT molecular complexity index is 671. The van der Waals surface area contributed by atoms with Crippen molar-refractivity contribution in [2.24, 2.45) is 10.9 Å². The van der Waals surface area contributed by atoms with Gasteiger partial charge in [0, 0.05) is 22.8 Å². The second-order valence-electron chi connectivity index (χ2n) is 4.23. The summed E-state index contributed by atoms with van der Waals surface area (Å²) in [6.45, 7) is 0.323. The smallest absolute Gasteiger partial charge is 0.270 e. The molecule has 0 saturated heterocycles. The molecule has 0 saturated carbocycles. The Balaban J connectivity index is 2.03. The second kappa shape index (κ2) is 6.85. The standard InChI is InChI=1S/C14H13BrN4O2/c15-11-4-5-12(17-8-11)14(20)18-7-9-2-1-3-10(6-9)13(16)19-21/h1-6,8,21H,7H2,(H2,16,19)(H,18,20). The molecule has 4 N–H and O–H groups in total. The maximum absolute atomic E-state index is 11.9. The minimum atomic E-state index is -0.267. The van der Waals surface area contributed by atoms with Crippen LogP contribution in [-0.4, -0.2) is 21.9 Å². The molecule has 0 aliphatic rings. The first-order valence-electron chi connectivity index (χ1n) is 6.07. The van der Waals surface area contributed by atoms with E-state index in [4.69, 9.17) is 10.9 Å². The van der Waals surface area contributed by atoms with E-state index in [1.165, 1.54) is 0 Å². The van der Waals surface area contributed by atoms with E-state index >= 15 is 0 Å². The van der Waals surface area contributed by atoms with Crippen molar-refractivity contribution in [1.82, 2.24) is 10.3 Å². The number of amidine groups is 1. The summed E-state index contributed by atoms with van der Waals surface area (Å²) >= 11 is 3.26. The lowest BCUT2D eigenvalue weighted by molar-refractivity contribution is 0.0946. The first-order chi connectivity index (χ1) is 10.1. The normalized spacial score (nSPS) is 11.2. The zero-order valence-electron chi connectivity index (χ0n) is 11.0. The van der Waals surface area contributed by atoms with Gasteiger partial charge in [0.1, 0.15) is 5.69 Å². The van der Waals surface area contributed by atoms with Gasteiger partial charge in [0.15, 0.2) is 5.84 Å². The molecular formula is C14H13BrN4O2. The van der Waals surface area contributed by atoms with E-state index in [1.807, 2.05) is 6.07 Å². The number of halogens is 1. The molecule has 0 aliphatic carbocycles. The molecule has 0 fully saturated rings.